The van der Waals surface area contributed by atoms with E-state index < -0.39 is 28.9 Å². The number of amides is 2. The summed E-state index contributed by atoms with van der Waals surface area (Å²) >= 11 is 0. The quantitative estimate of drug-likeness (QED) is 0.211. The van der Waals surface area contributed by atoms with E-state index in [9.17, 15) is 19.2 Å². The van der Waals surface area contributed by atoms with Crippen molar-refractivity contribution in [3.63, 3.8) is 0 Å². The standard InChI is InChI=1S/C41H64N2O7/c1-24(2)31-27(45)22-41(43-33(46)48-23-40(19-20-40)42-34(47)50-35(4,5)6)21-18-38(10)26(32(31)41)12-13-29-37(9)16-15-30(49-25(3)44)36(7,8)28(37)14-17-39(29,38)11/h24,26,28-30H,12-23H2,1-11H3,(H,42,47)(H,43,46)/t26?,28?,29?,30-,37-,38+,39?,41+/m0/s1. The molecule has 50 heavy (non-hydrogen) atoms. The van der Waals surface area contributed by atoms with E-state index in [2.05, 4.69) is 59.1 Å². The van der Waals surface area contributed by atoms with Crippen molar-refractivity contribution in [2.24, 2.45) is 45.3 Å². The molecule has 2 amide bonds. The Morgan fingerprint density at radius 1 is 0.820 bits per heavy atom. The number of hydrogen-bond acceptors (Lipinski definition) is 7. The highest BCUT2D eigenvalue weighted by Crippen LogP contribution is 2.76. The van der Waals surface area contributed by atoms with Gasteiger partial charge in [0.05, 0.1) is 11.1 Å². The Bertz CT molecular complexity index is 1470. The van der Waals surface area contributed by atoms with Crippen LogP contribution in [0.3, 0.4) is 0 Å². The summed E-state index contributed by atoms with van der Waals surface area (Å²) in [5, 5.41) is 6.21. The van der Waals surface area contributed by atoms with Gasteiger partial charge in [0.2, 0.25) is 0 Å². The molecule has 2 N–H and O–H groups in total. The van der Waals surface area contributed by atoms with Gasteiger partial charge in [-0.1, -0.05) is 48.5 Å². The van der Waals surface area contributed by atoms with Gasteiger partial charge in [-0.25, -0.2) is 9.59 Å². The van der Waals surface area contributed by atoms with Crippen LogP contribution in [0.4, 0.5) is 9.59 Å². The molecule has 9 nitrogen and oxygen atoms in total. The highest BCUT2D eigenvalue weighted by Gasteiger charge is 2.70. The molecule has 6 aliphatic rings. The minimum atomic E-state index is -0.748. The molecule has 0 aromatic heterocycles. The van der Waals surface area contributed by atoms with Gasteiger partial charge in [-0.15, -0.1) is 0 Å². The van der Waals surface area contributed by atoms with Crippen LogP contribution in [-0.2, 0) is 23.8 Å². The van der Waals surface area contributed by atoms with Gasteiger partial charge in [-0.05, 0) is 136 Å². The van der Waals surface area contributed by atoms with E-state index in [1.54, 1.807) is 0 Å². The Balaban J connectivity index is 1.24. The maximum Gasteiger partial charge on any atom is 0.408 e. The maximum atomic E-state index is 13.9. The van der Waals surface area contributed by atoms with Crippen molar-refractivity contribution in [2.75, 3.05) is 6.61 Å². The van der Waals surface area contributed by atoms with Gasteiger partial charge < -0.3 is 24.8 Å². The molecule has 0 bridgehead atoms. The summed E-state index contributed by atoms with van der Waals surface area (Å²) in [6.07, 6.45) is 8.49. The predicted molar refractivity (Wildman–Crippen MR) is 191 cm³/mol. The number of carbonyl (C=O) groups excluding carboxylic acids is 4. The van der Waals surface area contributed by atoms with Gasteiger partial charge in [0.15, 0.2) is 5.78 Å². The number of ketones is 1. The van der Waals surface area contributed by atoms with E-state index in [4.69, 9.17) is 14.2 Å². The van der Waals surface area contributed by atoms with E-state index in [0.29, 0.717) is 31.1 Å². The van der Waals surface area contributed by atoms with Crippen LogP contribution in [0.1, 0.15) is 147 Å². The summed E-state index contributed by atoms with van der Waals surface area (Å²) in [6, 6.07) is 0. The summed E-state index contributed by atoms with van der Waals surface area (Å²) in [7, 11) is 0. The normalized spacial score (nSPS) is 39.7. The summed E-state index contributed by atoms with van der Waals surface area (Å²) in [6.45, 7) is 23.5. The predicted octanol–water partition coefficient (Wildman–Crippen LogP) is 8.43. The Kier molecular flexibility index (Phi) is 8.91. The molecule has 0 aliphatic heterocycles. The Morgan fingerprint density at radius 3 is 2.10 bits per heavy atom. The molecule has 0 saturated heterocycles. The molecular formula is C41H64N2O7. The lowest BCUT2D eigenvalue weighted by Crippen LogP contribution is -2.67. The molecule has 6 aliphatic carbocycles. The lowest BCUT2D eigenvalue weighted by molar-refractivity contribution is -0.231. The Morgan fingerprint density at radius 2 is 1.50 bits per heavy atom. The van der Waals surface area contributed by atoms with E-state index in [1.807, 2.05) is 20.8 Å². The van der Waals surface area contributed by atoms with Crippen LogP contribution in [0.25, 0.3) is 0 Å². The minimum absolute atomic E-state index is 0.0364. The van der Waals surface area contributed by atoms with Gasteiger partial charge in [0, 0.05) is 18.8 Å². The molecule has 5 saturated carbocycles. The first-order valence-electron chi connectivity index (χ1n) is 19.4. The second-order valence-corrected chi connectivity index (χ2v) is 19.8. The van der Waals surface area contributed by atoms with Crippen LogP contribution in [0.2, 0.25) is 0 Å². The van der Waals surface area contributed by atoms with Gasteiger partial charge in [-0.2, -0.15) is 0 Å². The molecule has 9 heteroatoms. The number of rotatable bonds is 6. The zero-order valence-corrected chi connectivity index (χ0v) is 32.7. The van der Waals surface area contributed by atoms with E-state index in [0.717, 1.165) is 50.5 Å². The second kappa shape index (κ2) is 12.0. The fourth-order valence-corrected chi connectivity index (χ4v) is 12.6. The van der Waals surface area contributed by atoms with E-state index >= 15 is 0 Å². The Labute approximate surface area is 300 Å². The molecule has 0 radical (unpaired) electrons. The zero-order valence-electron chi connectivity index (χ0n) is 32.7. The van der Waals surface area contributed by atoms with Gasteiger partial charge in [-0.3, -0.25) is 9.59 Å². The third-order valence-corrected chi connectivity index (χ3v) is 15.1. The third kappa shape index (κ3) is 5.88. The molecular weight excluding hydrogens is 632 g/mol. The van der Waals surface area contributed by atoms with Crippen molar-refractivity contribution in [3.8, 4) is 0 Å². The molecule has 5 fully saturated rings. The van der Waals surface area contributed by atoms with Crippen molar-refractivity contribution in [2.45, 2.75) is 170 Å². The summed E-state index contributed by atoms with van der Waals surface area (Å²) < 4.78 is 17.2. The fraction of sp³-hybridized carbons (Fsp3) is 0.854. The van der Waals surface area contributed by atoms with Gasteiger partial charge in [0.1, 0.15) is 18.3 Å². The smallest absolute Gasteiger partial charge is 0.408 e. The number of esters is 1. The number of hydrogen-bond donors (Lipinski definition) is 2. The molecule has 8 atom stereocenters. The monoisotopic (exact) mass is 696 g/mol. The SMILES string of the molecule is CC(=O)O[C@H]1CC[C@@]2(C)C(CCC3(C)C2CCC2C4=C(C(C)C)C(=O)C[C@]4(NC(=O)OCC4(NC(=O)OC(C)(C)C)CC4)CC[C@]23C)C1(C)C. The Hall–Kier alpha value is -2.58. The maximum absolute atomic E-state index is 13.9. The van der Waals surface area contributed by atoms with Gasteiger partial charge >= 0.3 is 18.2 Å². The summed E-state index contributed by atoms with van der Waals surface area (Å²) in [4.78, 5) is 52.1. The van der Waals surface area contributed by atoms with Crippen molar-refractivity contribution < 1.29 is 33.4 Å². The van der Waals surface area contributed by atoms with Gasteiger partial charge in [0.25, 0.3) is 0 Å². The molecule has 6 rings (SSSR count). The van der Waals surface area contributed by atoms with Crippen molar-refractivity contribution >= 4 is 23.9 Å². The molecule has 0 heterocycles. The number of ether oxygens (including phenoxy) is 3. The van der Waals surface area contributed by atoms with E-state index in [1.165, 1.54) is 12.5 Å². The largest absolute Gasteiger partial charge is 0.462 e. The van der Waals surface area contributed by atoms with Crippen LogP contribution in [-0.4, -0.2) is 53.3 Å². The topological polar surface area (TPSA) is 120 Å². The summed E-state index contributed by atoms with van der Waals surface area (Å²) in [5.41, 5.74) is 0.161. The average Bonchev–Trinajstić information content (AvgIpc) is 3.66. The molecule has 0 aromatic carbocycles. The lowest BCUT2D eigenvalue weighted by Gasteiger charge is -2.72. The minimum Gasteiger partial charge on any atom is -0.462 e. The van der Waals surface area contributed by atoms with Crippen LogP contribution in [0.5, 0.6) is 0 Å². The number of fused-ring (bicyclic) bond motifs is 7. The summed E-state index contributed by atoms with van der Waals surface area (Å²) in [5.74, 6) is 1.19. The van der Waals surface area contributed by atoms with Crippen molar-refractivity contribution in [1.82, 2.24) is 10.6 Å². The highest BCUT2D eigenvalue weighted by molar-refractivity contribution is 6.02. The number of Topliss-reactive ketones (excluding diaryl/α,β-unsaturated/α-hetero) is 1. The average molecular weight is 697 g/mol. The van der Waals surface area contributed by atoms with Crippen molar-refractivity contribution in [1.29, 1.82) is 0 Å². The van der Waals surface area contributed by atoms with Crippen molar-refractivity contribution in [3.05, 3.63) is 11.1 Å². The van der Waals surface area contributed by atoms with Crippen LogP contribution >= 0.6 is 0 Å². The van der Waals surface area contributed by atoms with Crippen LogP contribution < -0.4 is 10.6 Å². The lowest BCUT2D eigenvalue weighted by atomic mass is 9.33. The molecule has 0 aromatic rings. The second-order valence-electron chi connectivity index (χ2n) is 19.8. The first-order valence-corrected chi connectivity index (χ1v) is 19.4. The fourth-order valence-electron chi connectivity index (χ4n) is 12.6. The number of nitrogens with one attached hydrogen (secondary N) is 2. The van der Waals surface area contributed by atoms with Crippen LogP contribution in [0, 0.1) is 45.3 Å². The first-order chi connectivity index (χ1) is 23.0. The third-order valence-electron chi connectivity index (χ3n) is 15.1. The highest BCUT2D eigenvalue weighted by atomic mass is 16.6. The number of alkyl carbamates (subject to hydrolysis) is 2. The van der Waals surface area contributed by atoms with E-state index in [-0.39, 0.29) is 64.4 Å². The first kappa shape index (κ1) is 37.2. The molecule has 280 valence electrons. The number of allylic oxidation sites excluding steroid dienone is 1. The van der Waals surface area contributed by atoms with Crippen LogP contribution in [0.15, 0.2) is 11.1 Å². The molecule has 4 unspecified atom stereocenters. The number of carbonyl (C=O) groups is 4. The molecule has 0 spiro atoms. The zero-order chi connectivity index (χ0) is 36.9.